The van der Waals surface area contributed by atoms with E-state index in [2.05, 4.69) is 10.2 Å². The Hall–Kier alpha value is -2.74. The number of hydrogen-bond acceptors (Lipinski definition) is 6. The van der Waals surface area contributed by atoms with Crippen LogP contribution in [0.2, 0.25) is 5.02 Å². The summed E-state index contributed by atoms with van der Waals surface area (Å²) in [6.45, 7) is 2.80. The fourth-order valence-corrected chi connectivity index (χ4v) is 2.96. The van der Waals surface area contributed by atoms with Crippen molar-refractivity contribution in [2.75, 3.05) is 13.1 Å². The van der Waals surface area contributed by atoms with E-state index >= 15 is 0 Å². The minimum Gasteiger partial charge on any atom is -0.473 e. The third-order valence-corrected chi connectivity index (χ3v) is 4.51. The van der Waals surface area contributed by atoms with Crippen molar-refractivity contribution in [3.8, 4) is 5.88 Å². The lowest BCUT2D eigenvalue weighted by molar-refractivity contribution is -0.384. The molecule has 9 heteroatoms. The Morgan fingerprint density at radius 1 is 1.27 bits per heavy atom. The molecule has 0 N–H and O–H groups in total. The van der Waals surface area contributed by atoms with Gasteiger partial charge in [-0.1, -0.05) is 11.6 Å². The van der Waals surface area contributed by atoms with Gasteiger partial charge in [-0.25, -0.2) is 0 Å². The Labute approximate surface area is 154 Å². The van der Waals surface area contributed by atoms with Gasteiger partial charge in [0.1, 0.15) is 6.10 Å². The molecule has 0 spiro atoms. The van der Waals surface area contributed by atoms with Crippen molar-refractivity contribution >= 4 is 23.2 Å². The highest BCUT2D eigenvalue weighted by Crippen LogP contribution is 2.25. The van der Waals surface area contributed by atoms with Gasteiger partial charge in [0.2, 0.25) is 5.88 Å². The Balaban J connectivity index is 1.62. The van der Waals surface area contributed by atoms with Crippen LogP contribution in [-0.2, 0) is 0 Å². The minimum absolute atomic E-state index is 0.0587. The quantitative estimate of drug-likeness (QED) is 0.600. The molecule has 1 aliphatic rings. The Morgan fingerprint density at radius 3 is 2.62 bits per heavy atom. The molecule has 2 heterocycles. The number of aryl methyl sites for hydroxylation is 1. The Bertz CT molecular complexity index is 820. The zero-order valence-electron chi connectivity index (χ0n) is 14.1. The molecule has 0 atom stereocenters. The second-order valence-electron chi connectivity index (χ2n) is 6.04. The fraction of sp³-hybridized carbons (Fsp3) is 0.353. The van der Waals surface area contributed by atoms with Crippen LogP contribution in [-0.4, -0.2) is 45.1 Å². The summed E-state index contributed by atoms with van der Waals surface area (Å²) >= 11 is 6.05. The van der Waals surface area contributed by atoms with Crippen molar-refractivity contribution in [2.45, 2.75) is 25.9 Å². The maximum Gasteiger partial charge on any atom is 0.270 e. The van der Waals surface area contributed by atoms with Gasteiger partial charge in [-0.05, 0) is 19.1 Å². The zero-order valence-corrected chi connectivity index (χ0v) is 14.8. The number of nitro benzene ring substituents is 1. The van der Waals surface area contributed by atoms with Crippen LogP contribution in [0.25, 0.3) is 0 Å². The van der Waals surface area contributed by atoms with Gasteiger partial charge in [-0.2, -0.15) is 5.10 Å². The number of non-ortho nitro benzene ring substituents is 1. The molecule has 1 aromatic carbocycles. The molecule has 1 saturated heterocycles. The highest BCUT2D eigenvalue weighted by molar-refractivity contribution is 6.33. The minimum atomic E-state index is -0.546. The maximum absolute atomic E-state index is 12.7. The fourth-order valence-electron chi connectivity index (χ4n) is 2.76. The van der Waals surface area contributed by atoms with E-state index < -0.39 is 4.92 Å². The lowest BCUT2D eigenvalue weighted by Crippen LogP contribution is -2.42. The van der Waals surface area contributed by atoms with Gasteiger partial charge < -0.3 is 9.64 Å². The van der Waals surface area contributed by atoms with E-state index in [4.69, 9.17) is 16.3 Å². The lowest BCUT2D eigenvalue weighted by Gasteiger charge is -2.32. The van der Waals surface area contributed by atoms with Crippen LogP contribution >= 0.6 is 11.6 Å². The van der Waals surface area contributed by atoms with Gasteiger partial charge in [-0.3, -0.25) is 14.9 Å². The molecule has 8 nitrogen and oxygen atoms in total. The number of nitrogens with zero attached hydrogens (tertiary/aromatic N) is 4. The van der Waals surface area contributed by atoms with Crippen LogP contribution in [0, 0.1) is 17.0 Å². The number of carbonyl (C=O) groups excluding carboxylic acids is 1. The van der Waals surface area contributed by atoms with E-state index in [1.54, 1.807) is 11.0 Å². The van der Waals surface area contributed by atoms with Gasteiger partial charge in [0.15, 0.2) is 0 Å². The van der Waals surface area contributed by atoms with E-state index in [1.165, 1.54) is 18.2 Å². The number of aromatic nitrogens is 2. The standard InChI is InChI=1S/C17H17ClN4O4/c1-11-2-5-16(20-19-11)26-13-6-8-21(9-7-13)17(23)14-10-12(22(24)25)3-4-15(14)18/h2-5,10,13H,6-9H2,1H3. The molecule has 1 aromatic heterocycles. The molecule has 0 saturated carbocycles. The third kappa shape index (κ3) is 4.08. The number of carbonyl (C=O) groups is 1. The first-order chi connectivity index (χ1) is 12.4. The molecule has 26 heavy (non-hydrogen) atoms. The van der Waals surface area contributed by atoms with Crippen LogP contribution in [0.3, 0.4) is 0 Å². The number of nitro groups is 1. The van der Waals surface area contributed by atoms with Crippen LogP contribution in [0.15, 0.2) is 30.3 Å². The third-order valence-electron chi connectivity index (χ3n) is 4.18. The summed E-state index contributed by atoms with van der Waals surface area (Å²) in [6, 6.07) is 7.46. The van der Waals surface area contributed by atoms with Crippen molar-refractivity contribution < 1.29 is 14.5 Å². The normalized spacial score (nSPS) is 14.9. The molecule has 1 aliphatic heterocycles. The van der Waals surface area contributed by atoms with Gasteiger partial charge in [-0.15, -0.1) is 5.10 Å². The summed E-state index contributed by atoms with van der Waals surface area (Å²) in [5.41, 5.74) is 0.796. The molecule has 0 unspecified atom stereocenters. The van der Waals surface area contributed by atoms with E-state index in [1.807, 2.05) is 13.0 Å². The molecule has 1 fully saturated rings. The monoisotopic (exact) mass is 376 g/mol. The number of amides is 1. The smallest absolute Gasteiger partial charge is 0.270 e. The summed E-state index contributed by atoms with van der Waals surface area (Å²) in [4.78, 5) is 24.6. The molecule has 0 aliphatic carbocycles. The van der Waals surface area contributed by atoms with E-state index in [-0.39, 0.29) is 28.3 Å². The second-order valence-corrected chi connectivity index (χ2v) is 6.45. The number of benzene rings is 1. The first-order valence-electron chi connectivity index (χ1n) is 8.14. The van der Waals surface area contributed by atoms with Crippen LogP contribution in [0.5, 0.6) is 5.88 Å². The number of hydrogen-bond donors (Lipinski definition) is 0. The van der Waals surface area contributed by atoms with Crippen molar-refractivity contribution in [3.05, 3.63) is 56.7 Å². The molecule has 1 amide bonds. The van der Waals surface area contributed by atoms with Crippen molar-refractivity contribution in [3.63, 3.8) is 0 Å². The SMILES string of the molecule is Cc1ccc(OC2CCN(C(=O)c3cc([N+](=O)[O-])ccc3Cl)CC2)nn1. The summed E-state index contributed by atoms with van der Waals surface area (Å²) < 4.78 is 5.79. The number of ether oxygens (including phenoxy) is 1. The topological polar surface area (TPSA) is 98.5 Å². The maximum atomic E-state index is 12.7. The largest absolute Gasteiger partial charge is 0.473 e. The van der Waals surface area contributed by atoms with Gasteiger partial charge >= 0.3 is 0 Å². The van der Waals surface area contributed by atoms with Gasteiger partial charge in [0, 0.05) is 44.1 Å². The van der Waals surface area contributed by atoms with Crippen molar-refractivity contribution in [1.29, 1.82) is 0 Å². The average Bonchev–Trinajstić information content (AvgIpc) is 2.64. The van der Waals surface area contributed by atoms with Gasteiger partial charge in [0.05, 0.1) is 21.2 Å². The predicted molar refractivity (Wildman–Crippen MR) is 94.4 cm³/mol. The molecule has 3 rings (SSSR count). The predicted octanol–water partition coefficient (Wildman–Crippen LogP) is 3.03. The first kappa shape index (κ1) is 18.1. The number of halogens is 1. The summed E-state index contributed by atoms with van der Waals surface area (Å²) in [7, 11) is 0. The van der Waals surface area contributed by atoms with E-state index in [9.17, 15) is 14.9 Å². The number of likely N-dealkylation sites (tertiary alicyclic amines) is 1. The molecular weight excluding hydrogens is 360 g/mol. The van der Waals surface area contributed by atoms with Crippen LogP contribution < -0.4 is 4.74 Å². The van der Waals surface area contributed by atoms with Crippen LogP contribution in [0.1, 0.15) is 28.9 Å². The average molecular weight is 377 g/mol. The molecule has 2 aromatic rings. The lowest BCUT2D eigenvalue weighted by atomic mass is 10.1. The molecule has 0 bridgehead atoms. The highest BCUT2D eigenvalue weighted by atomic mass is 35.5. The highest BCUT2D eigenvalue weighted by Gasteiger charge is 2.27. The van der Waals surface area contributed by atoms with Gasteiger partial charge in [0.25, 0.3) is 11.6 Å². The number of piperidine rings is 1. The zero-order chi connectivity index (χ0) is 18.7. The molecular formula is C17H17ClN4O4. The Kier molecular flexibility index (Phi) is 5.32. The van der Waals surface area contributed by atoms with Crippen LogP contribution in [0.4, 0.5) is 5.69 Å². The molecule has 136 valence electrons. The second kappa shape index (κ2) is 7.65. The van der Waals surface area contributed by atoms with E-state index in [0.29, 0.717) is 31.8 Å². The first-order valence-corrected chi connectivity index (χ1v) is 8.52. The van der Waals surface area contributed by atoms with Crippen molar-refractivity contribution in [1.82, 2.24) is 15.1 Å². The summed E-state index contributed by atoms with van der Waals surface area (Å²) in [6.07, 6.45) is 1.21. The summed E-state index contributed by atoms with van der Waals surface area (Å²) in [5.74, 6) is 0.148. The summed E-state index contributed by atoms with van der Waals surface area (Å²) in [5, 5.41) is 19.0. The number of rotatable bonds is 4. The van der Waals surface area contributed by atoms with E-state index in [0.717, 1.165) is 5.69 Å². The Morgan fingerprint density at radius 2 is 2.00 bits per heavy atom. The van der Waals surface area contributed by atoms with Crippen molar-refractivity contribution in [2.24, 2.45) is 0 Å². The molecule has 0 radical (unpaired) electrons.